The molecule has 1 saturated heterocycles. The van der Waals surface area contributed by atoms with Gasteiger partial charge in [-0.3, -0.25) is 9.69 Å². The lowest BCUT2D eigenvalue weighted by Crippen LogP contribution is -2.33. The maximum Gasteiger partial charge on any atom is 0.573 e. The molecule has 1 fully saturated rings. The number of carbonyl (C=O) groups is 1. The average molecular weight is 371 g/mol. The fourth-order valence-electron chi connectivity index (χ4n) is 2.89. The lowest BCUT2D eigenvalue weighted by Gasteiger charge is -2.25. The molecule has 1 aromatic rings. The monoisotopic (exact) mass is 371 g/mol. The van der Waals surface area contributed by atoms with Gasteiger partial charge in [-0.2, -0.15) is 13.2 Å². The highest BCUT2D eigenvalue weighted by Gasteiger charge is 2.53. The molecule has 1 aromatic carbocycles. The van der Waals surface area contributed by atoms with E-state index >= 15 is 0 Å². The smallest absolute Gasteiger partial charge is 0.481 e. The third-order valence-electron chi connectivity index (χ3n) is 4.23. The highest BCUT2D eigenvalue weighted by atomic mass is 19.4. The molecule has 0 saturated carbocycles. The average Bonchev–Trinajstić information content (AvgIpc) is 2.91. The first kappa shape index (κ1) is 19.4. The van der Waals surface area contributed by atoms with Crippen LogP contribution in [0.5, 0.6) is 5.75 Å². The Morgan fingerprint density at radius 2 is 1.72 bits per heavy atom. The molecule has 0 aromatic heterocycles. The van der Waals surface area contributed by atoms with Gasteiger partial charge in [0.05, 0.1) is 11.8 Å². The molecule has 2 rings (SSSR count). The van der Waals surface area contributed by atoms with Gasteiger partial charge < -0.3 is 9.84 Å². The number of halogens is 6. The van der Waals surface area contributed by atoms with Gasteiger partial charge in [0, 0.05) is 19.1 Å². The number of alkyl halides is 6. The minimum absolute atomic E-state index is 0.290. The topological polar surface area (TPSA) is 49.8 Å². The van der Waals surface area contributed by atoms with Gasteiger partial charge in [0.15, 0.2) is 0 Å². The van der Waals surface area contributed by atoms with E-state index < -0.39 is 48.7 Å². The first-order chi connectivity index (χ1) is 11.4. The minimum Gasteiger partial charge on any atom is -0.481 e. The Kier molecular flexibility index (Phi) is 5.22. The zero-order valence-corrected chi connectivity index (χ0v) is 12.9. The van der Waals surface area contributed by atoms with Crippen molar-refractivity contribution in [3.63, 3.8) is 0 Å². The Hall–Kier alpha value is -1.97. The van der Waals surface area contributed by atoms with Gasteiger partial charge in [0.25, 0.3) is 0 Å². The van der Waals surface area contributed by atoms with Crippen LogP contribution in [0.25, 0.3) is 0 Å². The second kappa shape index (κ2) is 6.74. The highest BCUT2D eigenvalue weighted by molar-refractivity contribution is 5.71. The molecule has 10 heteroatoms. The summed E-state index contributed by atoms with van der Waals surface area (Å²) in [6, 6.07) is 4.15. The van der Waals surface area contributed by atoms with Crippen molar-refractivity contribution in [2.75, 3.05) is 13.1 Å². The van der Waals surface area contributed by atoms with E-state index in [2.05, 4.69) is 4.74 Å². The summed E-state index contributed by atoms with van der Waals surface area (Å²) in [5, 5.41) is 9.01. The largest absolute Gasteiger partial charge is 0.573 e. The molecule has 0 aliphatic carbocycles. The van der Waals surface area contributed by atoms with Crippen molar-refractivity contribution in [3.05, 3.63) is 29.8 Å². The third kappa shape index (κ3) is 4.77. The lowest BCUT2D eigenvalue weighted by molar-refractivity contribution is -0.274. The normalized spacial score (nSPS) is 23.5. The number of likely N-dealkylation sites (tertiary alicyclic amines) is 1. The van der Waals surface area contributed by atoms with Gasteiger partial charge in [-0.25, -0.2) is 0 Å². The van der Waals surface area contributed by atoms with Crippen molar-refractivity contribution >= 4 is 5.97 Å². The van der Waals surface area contributed by atoms with Gasteiger partial charge in [-0.1, -0.05) is 12.1 Å². The van der Waals surface area contributed by atoms with E-state index in [-0.39, 0.29) is 6.54 Å². The van der Waals surface area contributed by atoms with Gasteiger partial charge in [-0.05, 0) is 24.6 Å². The molecule has 25 heavy (non-hydrogen) atoms. The summed E-state index contributed by atoms with van der Waals surface area (Å²) in [5.74, 6) is -5.53. The predicted molar refractivity (Wildman–Crippen MR) is 73.8 cm³/mol. The van der Waals surface area contributed by atoms with Crippen LogP contribution >= 0.6 is 0 Å². The molecule has 1 aliphatic heterocycles. The van der Waals surface area contributed by atoms with E-state index in [4.69, 9.17) is 5.11 Å². The van der Waals surface area contributed by atoms with Crippen LogP contribution in [0.15, 0.2) is 24.3 Å². The maximum atomic E-state index is 13.0. The molecule has 1 heterocycles. The number of hydrogen-bond donors (Lipinski definition) is 1. The lowest BCUT2D eigenvalue weighted by atomic mass is 9.96. The molecule has 4 nitrogen and oxygen atoms in total. The fraction of sp³-hybridized carbons (Fsp3) is 0.533. The van der Waals surface area contributed by atoms with Crippen LogP contribution in [0.1, 0.15) is 18.5 Å². The van der Waals surface area contributed by atoms with Crippen LogP contribution in [-0.4, -0.2) is 41.6 Å². The van der Waals surface area contributed by atoms with Crippen LogP contribution in [-0.2, 0) is 4.79 Å². The number of benzene rings is 1. The SMILES string of the molecule is CC(c1ccc(OC(F)(F)F)cc1)N1C[C@@H](C(F)(F)F)[C@H](C(=O)O)C1. The maximum absolute atomic E-state index is 13.0. The third-order valence-corrected chi connectivity index (χ3v) is 4.23. The van der Waals surface area contributed by atoms with Crippen LogP contribution in [0.3, 0.4) is 0 Å². The van der Waals surface area contributed by atoms with Crippen molar-refractivity contribution in [3.8, 4) is 5.75 Å². The molecule has 1 aliphatic rings. The summed E-state index contributed by atoms with van der Waals surface area (Å²) in [4.78, 5) is 12.4. The summed E-state index contributed by atoms with van der Waals surface area (Å²) in [7, 11) is 0. The molecule has 0 bridgehead atoms. The van der Waals surface area contributed by atoms with E-state index in [0.29, 0.717) is 5.56 Å². The van der Waals surface area contributed by atoms with Crippen molar-refractivity contribution in [1.29, 1.82) is 0 Å². The summed E-state index contributed by atoms with van der Waals surface area (Å²) in [5.41, 5.74) is 0.460. The second-order valence-electron chi connectivity index (χ2n) is 5.84. The first-order valence-electron chi connectivity index (χ1n) is 7.28. The van der Waals surface area contributed by atoms with E-state index in [1.165, 1.54) is 17.0 Å². The Morgan fingerprint density at radius 3 is 2.12 bits per heavy atom. The fourth-order valence-corrected chi connectivity index (χ4v) is 2.89. The Morgan fingerprint density at radius 1 is 1.16 bits per heavy atom. The van der Waals surface area contributed by atoms with Crippen LogP contribution in [0, 0.1) is 11.8 Å². The summed E-state index contributed by atoms with van der Waals surface area (Å²) >= 11 is 0. The molecule has 140 valence electrons. The van der Waals surface area contributed by atoms with E-state index in [9.17, 15) is 31.1 Å². The molecule has 3 atom stereocenters. The second-order valence-corrected chi connectivity index (χ2v) is 5.84. The van der Waals surface area contributed by atoms with Gasteiger partial charge in [0.2, 0.25) is 0 Å². The van der Waals surface area contributed by atoms with Crippen molar-refractivity contribution in [2.24, 2.45) is 11.8 Å². The number of ether oxygens (including phenoxy) is 1. The van der Waals surface area contributed by atoms with E-state index in [1.54, 1.807) is 6.92 Å². The highest BCUT2D eigenvalue weighted by Crippen LogP contribution is 2.40. The van der Waals surface area contributed by atoms with Gasteiger partial charge in [0.1, 0.15) is 5.75 Å². The molecule has 0 spiro atoms. The molecular weight excluding hydrogens is 356 g/mol. The number of carboxylic acid groups (broad SMARTS) is 1. The van der Waals surface area contributed by atoms with Gasteiger partial charge >= 0.3 is 18.5 Å². The quantitative estimate of drug-likeness (QED) is 0.817. The minimum atomic E-state index is -4.84. The number of nitrogens with zero attached hydrogens (tertiary/aromatic N) is 1. The number of carboxylic acids is 1. The summed E-state index contributed by atoms with van der Waals surface area (Å²) in [6.07, 6.45) is -9.47. The zero-order chi connectivity index (χ0) is 19.0. The number of aliphatic carboxylic acids is 1. The predicted octanol–water partition coefficient (Wildman–Crippen LogP) is 3.84. The molecular formula is C15H15F6NO3. The standard InChI is InChI=1S/C15H15F6NO3/c1-8(9-2-4-10(5-3-9)25-15(19,20)21)22-6-11(13(23)24)12(7-22)14(16,17)18/h2-5,8,11-12H,6-7H2,1H3,(H,23,24)/t8?,11-,12-/m1/s1. The Labute approximate surface area is 139 Å². The van der Waals surface area contributed by atoms with Crippen LogP contribution in [0.4, 0.5) is 26.3 Å². The first-order valence-corrected chi connectivity index (χ1v) is 7.28. The zero-order valence-electron chi connectivity index (χ0n) is 12.9. The van der Waals surface area contributed by atoms with Gasteiger partial charge in [-0.15, -0.1) is 13.2 Å². The molecule has 1 unspecified atom stereocenters. The van der Waals surface area contributed by atoms with E-state index in [1.807, 2.05) is 0 Å². The summed E-state index contributed by atoms with van der Waals surface area (Å²) in [6.45, 7) is 0.793. The van der Waals surface area contributed by atoms with Crippen molar-refractivity contribution < 1.29 is 41.0 Å². The molecule has 0 radical (unpaired) electrons. The van der Waals surface area contributed by atoms with Crippen LogP contribution in [0.2, 0.25) is 0 Å². The van der Waals surface area contributed by atoms with E-state index in [0.717, 1.165) is 12.1 Å². The van der Waals surface area contributed by atoms with Crippen LogP contribution < -0.4 is 4.74 Å². The van der Waals surface area contributed by atoms with Crippen molar-refractivity contribution in [2.45, 2.75) is 25.5 Å². The van der Waals surface area contributed by atoms with Crippen molar-refractivity contribution in [1.82, 2.24) is 4.90 Å². The molecule has 1 N–H and O–H groups in total. The molecule has 0 amide bonds. The Balaban J connectivity index is 2.12. The number of rotatable bonds is 4. The summed E-state index contributed by atoms with van der Waals surface area (Å²) < 4.78 is 79.1. The Bertz CT molecular complexity index is 613. The number of hydrogen-bond acceptors (Lipinski definition) is 3.